The van der Waals surface area contributed by atoms with Gasteiger partial charge in [0, 0.05) is 22.5 Å². The Balaban J connectivity index is 1.21. The molecule has 1 aliphatic heterocycles. The summed E-state index contributed by atoms with van der Waals surface area (Å²) in [5.41, 5.74) is 2.17. The summed E-state index contributed by atoms with van der Waals surface area (Å²) in [6.07, 6.45) is 2.57. The summed E-state index contributed by atoms with van der Waals surface area (Å²) in [6, 6.07) is 18.1. The molecule has 156 valence electrons. The van der Waals surface area contributed by atoms with Crippen molar-refractivity contribution < 1.29 is 9.32 Å². The van der Waals surface area contributed by atoms with Gasteiger partial charge in [-0.15, -0.1) is 0 Å². The van der Waals surface area contributed by atoms with Gasteiger partial charge in [-0.1, -0.05) is 51.4 Å². The normalized spacial score (nSPS) is 15.2. The van der Waals surface area contributed by atoms with Gasteiger partial charge in [0.25, 0.3) is 0 Å². The molecule has 0 unspecified atom stereocenters. The zero-order valence-electron chi connectivity index (χ0n) is 16.8. The van der Waals surface area contributed by atoms with Crippen LogP contribution in [0, 0.1) is 5.92 Å². The largest absolute Gasteiger partial charge is 0.356 e. The van der Waals surface area contributed by atoms with Crippen molar-refractivity contribution in [3.05, 3.63) is 70.5 Å². The summed E-state index contributed by atoms with van der Waals surface area (Å²) in [7, 11) is 0. The van der Waals surface area contributed by atoms with Crippen LogP contribution in [0.25, 0.3) is 11.4 Å². The number of rotatable bonds is 7. The maximum atomic E-state index is 12.5. The highest BCUT2D eigenvalue weighted by molar-refractivity contribution is 9.10. The van der Waals surface area contributed by atoms with Gasteiger partial charge in [0.15, 0.2) is 0 Å². The fourth-order valence-corrected chi connectivity index (χ4v) is 3.96. The highest BCUT2D eigenvalue weighted by Crippen LogP contribution is 2.21. The maximum Gasteiger partial charge on any atom is 0.241 e. The molecular weight excluding hydrogens is 444 g/mol. The standard InChI is InChI=1S/C23H25BrN4O2/c24-20-8-6-18(7-9-20)22-26-21(30-27-22)16-28-14-11-19(12-15-28)23(29)25-13-10-17-4-2-1-3-5-17/h1-9,19H,10-16H2,(H,25,29). The molecule has 30 heavy (non-hydrogen) atoms. The summed E-state index contributed by atoms with van der Waals surface area (Å²) in [4.78, 5) is 19.2. The Morgan fingerprint density at radius 3 is 2.57 bits per heavy atom. The Labute approximate surface area is 184 Å². The van der Waals surface area contributed by atoms with Gasteiger partial charge in [-0.3, -0.25) is 9.69 Å². The van der Waals surface area contributed by atoms with E-state index in [0.29, 0.717) is 24.8 Å². The number of nitrogens with one attached hydrogen (secondary N) is 1. The summed E-state index contributed by atoms with van der Waals surface area (Å²) in [5.74, 6) is 1.46. The molecule has 1 saturated heterocycles. The van der Waals surface area contributed by atoms with Crippen LogP contribution in [-0.2, 0) is 17.8 Å². The van der Waals surface area contributed by atoms with E-state index in [-0.39, 0.29) is 11.8 Å². The number of hydrogen-bond donors (Lipinski definition) is 1. The van der Waals surface area contributed by atoms with Crippen LogP contribution in [0.1, 0.15) is 24.3 Å². The van der Waals surface area contributed by atoms with Crippen molar-refractivity contribution in [1.29, 1.82) is 0 Å². The molecule has 0 spiro atoms. The first-order valence-electron chi connectivity index (χ1n) is 10.3. The van der Waals surface area contributed by atoms with E-state index < -0.39 is 0 Å². The molecule has 7 heteroatoms. The van der Waals surface area contributed by atoms with E-state index in [1.54, 1.807) is 0 Å². The number of nitrogens with zero attached hydrogens (tertiary/aromatic N) is 3. The molecule has 0 atom stereocenters. The molecule has 0 saturated carbocycles. The summed E-state index contributed by atoms with van der Waals surface area (Å²) < 4.78 is 6.44. The second kappa shape index (κ2) is 10.00. The molecule has 1 fully saturated rings. The van der Waals surface area contributed by atoms with E-state index in [9.17, 15) is 4.79 Å². The van der Waals surface area contributed by atoms with Gasteiger partial charge in [-0.05, 0) is 62.2 Å². The molecular formula is C23H25BrN4O2. The number of piperidine rings is 1. The number of likely N-dealkylation sites (tertiary alicyclic amines) is 1. The quantitative estimate of drug-likeness (QED) is 0.565. The van der Waals surface area contributed by atoms with Gasteiger partial charge in [-0.25, -0.2) is 0 Å². The molecule has 1 aliphatic rings. The van der Waals surface area contributed by atoms with Crippen molar-refractivity contribution >= 4 is 21.8 Å². The minimum atomic E-state index is 0.0815. The zero-order chi connectivity index (χ0) is 20.8. The fourth-order valence-electron chi connectivity index (χ4n) is 3.70. The fraction of sp³-hybridized carbons (Fsp3) is 0.348. The van der Waals surface area contributed by atoms with Gasteiger partial charge in [0.1, 0.15) is 0 Å². The molecule has 1 aromatic heterocycles. The SMILES string of the molecule is O=C(NCCc1ccccc1)C1CCN(Cc2nc(-c3ccc(Br)cc3)no2)CC1. The van der Waals surface area contributed by atoms with Crippen LogP contribution in [0.4, 0.5) is 0 Å². The van der Waals surface area contributed by atoms with Gasteiger partial charge in [0.2, 0.25) is 17.6 Å². The number of benzene rings is 2. The Bertz CT molecular complexity index is 951. The highest BCUT2D eigenvalue weighted by atomic mass is 79.9. The topological polar surface area (TPSA) is 71.3 Å². The summed E-state index contributed by atoms with van der Waals surface area (Å²) in [6.45, 7) is 3.01. The van der Waals surface area contributed by atoms with Crippen LogP contribution in [0.2, 0.25) is 0 Å². The van der Waals surface area contributed by atoms with E-state index in [4.69, 9.17) is 4.52 Å². The third-order valence-electron chi connectivity index (χ3n) is 5.44. The lowest BCUT2D eigenvalue weighted by Crippen LogP contribution is -2.40. The predicted octanol–water partition coefficient (Wildman–Crippen LogP) is 4.07. The van der Waals surface area contributed by atoms with Crippen LogP contribution in [0.3, 0.4) is 0 Å². The first-order chi connectivity index (χ1) is 14.7. The third kappa shape index (κ3) is 5.55. The number of carbonyl (C=O) groups excluding carboxylic acids is 1. The monoisotopic (exact) mass is 468 g/mol. The van der Waals surface area contributed by atoms with Crippen molar-refractivity contribution in [2.24, 2.45) is 5.92 Å². The van der Waals surface area contributed by atoms with Crippen molar-refractivity contribution in [3.63, 3.8) is 0 Å². The van der Waals surface area contributed by atoms with Crippen LogP contribution in [0.15, 0.2) is 63.6 Å². The minimum Gasteiger partial charge on any atom is -0.356 e. The van der Waals surface area contributed by atoms with E-state index in [1.165, 1.54) is 5.56 Å². The lowest BCUT2D eigenvalue weighted by Gasteiger charge is -2.30. The number of hydrogen-bond acceptors (Lipinski definition) is 5. The lowest BCUT2D eigenvalue weighted by atomic mass is 9.96. The second-order valence-corrected chi connectivity index (χ2v) is 8.51. The highest BCUT2D eigenvalue weighted by Gasteiger charge is 2.25. The van der Waals surface area contributed by atoms with Crippen molar-refractivity contribution in [1.82, 2.24) is 20.4 Å². The maximum absolute atomic E-state index is 12.5. The Morgan fingerprint density at radius 1 is 1.10 bits per heavy atom. The molecule has 2 heterocycles. The Kier molecular flexibility index (Phi) is 6.92. The average Bonchev–Trinajstić information content (AvgIpc) is 3.24. The number of aromatic nitrogens is 2. The third-order valence-corrected chi connectivity index (χ3v) is 5.97. The smallest absolute Gasteiger partial charge is 0.241 e. The molecule has 0 bridgehead atoms. The van der Waals surface area contributed by atoms with Crippen LogP contribution >= 0.6 is 15.9 Å². The zero-order valence-corrected chi connectivity index (χ0v) is 18.3. The molecule has 4 rings (SSSR count). The molecule has 2 aromatic carbocycles. The van der Waals surface area contributed by atoms with Crippen LogP contribution in [-0.4, -0.2) is 40.6 Å². The molecule has 1 N–H and O–H groups in total. The first-order valence-corrected chi connectivity index (χ1v) is 11.1. The van der Waals surface area contributed by atoms with E-state index in [2.05, 4.69) is 48.4 Å². The molecule has 3 aromatic rings. The first kappa shape index (κ1) is 20.8. The minimum absolute atomic E-state index is 0.0815. The molecule has 6 nitrogen and oxygen atoms in total. The van der Waals surface area contributed by atoms with Crippen LogP contribution in [0.5, 0.6) is 0 Å². The van der Waals surface area contributed by atoms with Crippen molar-refractivity contribution in [2.75, 3.05) is 19.6 Å². The number of amides is 1. The van der Waals surface area contributed by atoms with Gasteiger partial charge >= 0.3 is 0 Å². The van der Waals surface area contributed by atoms with Gasteiger partial charge < -0.3 is 9.84 Å². The van der Waals surface area contributed by atoms with Crippen LogP contribution < -0.4 is 5.32 Å². The molecule has 1 amide bonds. The predicted molar refractivity (Wildman–Crippen MR) is 119 cm³/mol. The summed E-state index contributed by atoms with van der Waals surface area (Å²) in [5, 5.41) is 7.18. The van der Waals surface area contributed by atoms with Crippen molar-refractivity contribution in [3.8, 4) is 11.4 Å². The Morgan fingerprint density at radius 2 is 1.83 bits per heavy atom. The average molecular weight is 469 g/mol. The van der Waals surface area contributed by atoms with E-state index in [1.807, 2.05) is 42.5 Å². The Hall–Kier alpha value is -2.51. The number of carbonyl (C=O) groups is 1. The van der Waals surface area contributed by atoms with Gasteiger partial charge in [0.05, 0.1) is 6.54 Å². The molecule has 0 aliphatic carbocycles. The van der Waals surface area contributed by atoms with E-state index >= 15 is 0 Å². The second-order valence-electron chi connectivity index (χ2n) is 7.60. The van der Waals surface area contributed by atoms with Gasteiger partial charge in [-0.2, -0.15) is 4.98 Å². The van der Waals surface area contributed by atoms with E-state index in [0.717, 1.165) is 42.4 Å². The number of halogens is 1. The van der Waals surface area contributed by atoms with Crippen molar-refractivity contribution in [2.45, 2.75) is 25.8 Å². The summed E-state index contributed by atoms with van der Waals surface area (Å²) >= 11 is 3.43. The lowest BCUT2D eigenvalue weighted by molar-refractivity contribution is -0.126. The molecule has 0 radical (unpaired) electrons.